The van der Waals surface area contributed by atoms with Crippen molar-refractivity contribution in [1.29, 1.82) is 0 Å². The van der Waals surface area contributed by atoms with Crippen LogP contribution in [-0.4, -0.2) is 59.8 Å². The molecule has 1 heterocycles. The van der Waals surface area contributed by atoms with Crippen molar-refractivity contribution >= 4 is 17.8 Å². The van der Waals surface area contributed by atoms with E-state index in [0.29, 0.717) is 12.8 Å². The van der Waals surface area contributed by atoms with Gasteiger partial charge in [0.15, 0.2) is 6.61 Å². The molecule has 0 bridgehead atoms. The molecule has 1 amide bonds. The molecule has 1 aliphatic rings. The fraction of sp³-hybridized carbons (Fsp3) is 0.591. The number of carbonyl (C=O) groups is 3. The van der Waals surface area contributed by atoms with Crippen molar-refractivity contribution in [3.8, 4) is 0 Å². The van der Waals surface area contributed by atoms with Crippen molar-refractivity contribution in [2.24, 2.45) is 5.92 Å². The molecule has 7 nitrogen and oxygen atoms in total. The van der Waals surface area contributed by atoms with Crippen molar-refractivity contribution in [3.05, 3.63) is 35.9 Å². The summed E-state index contributed by atoms with van der Waals surface area (Å²) in [6.45, 7) is 3.23. The van der Waals surface area contributed by atoms with Crippen LogP contribution in [0, 0.1) is 5.92 Å². The lowest BCUT2D eigenvalue weighted by Gasteiger charge is -2.33. The predicted molar refractivity (Wildman–Crippen MR) is 107 cm³/mol. The number of nitrogens with zero attached hydrogens (tertiary/aromatic N) is 1. The second kappa shape index (κ2) is 11.0. The third kappa shape index (κ3) is 6.56. The van der Waals surface area contributed by atoms with Gasteiger partial charge in [0.05, 0.1) is 24.5 Å². The summed E-state index contributed by atoms with van der Waals surface area (Å²) in [5.41, 5.74) is 0.920. The van der Waals surface area contributed by atoms with Gasteiger partial charge in [-0.15, -0.1) is 0 Å². The molecule has 7 heteroatoms. The Balaban J connectivity index is 2.24. The number of hydrogen-bond acceptors (Lipinski definition) is 6. The summed E-state index contributed by atoms with van der Waals surface area (Å²) in [5.74, 6) is -2.26. The molecule has 1 fully saturated rings. The van der Waals surface area contributed by atoms with E-state index < -0.39 is 48.6 Å². The molecule has 1 unspecified atom stereocenters. The van der Waals surface area contributed by atoms with E-state index in [0.717, 1.165) is 18.4 Å². The summed E-state index contributed by atoms with van der Waals surface area (Å²) in [4.78, 5) is 38.8. The zero-order chi connectivity index (χ0) is 21.4. The van der Waals surface area contributed by atoms with Gasteiger partial charge in [-0.05, 0) is 25.3 Å². The molecule has 0 radical (unpaired) electrons. The molecule has 0 aromatic heterocycles. The van der Waals surface area contributed by atoms with Gasteiger partial charge in [0.2, 0.25) is 0 Å². The maximum absolute atomic E-state index is 12.6. The van der Waals surface area contributed by atoms with Gasteiger partial charge in [-0.1, -0.05) is 50.1 Å². The van der Waals surface area contributed by atoms with Crippen molar-refractivity contribution in [1.82, 2.24) is 4.90 Å². The highest BCUT2D eigenvalue weighted by Crippen LogP contribution is 2.21. The number of carbonyl (C=O) groups excluding carboxylic acids is 3. The number of esters is 2. The van der Waals surface area contributed by atoms with Crippen LogP contribution in [0.3, 0.4) is 0 Å². The van der Waals surface area contributed by atoms with Gasteiger partial charge in [0.1, 0.15) is 6.10 Å². The van der Waals surface area contributed by atoms with Crippen LogP contribution >= 0.6 is 0 Å². The molecule has 160 valence electrons. The van der Waals surface area contributed by atoms with Gasteiger partial charge in [-0.2, -0.15) is 0 Å². The number of rotatable bonds is 5. The van der Waals surface area contributed by atoms with Crippen molar-refractivity contribution < 1.29 is 29.0 Å². The Morgan fingerprint density at radius 1 is 1.17 bits per heavy atom. The van der Waals surface area contributed by atoms with Crippen LogP contribution in [0.2, 0.25) is 0 Å². The summed E-state index contributed by atoms with van der Waals surface area (Å²) in [6.07, 6.45) is 0.573. The SMILES string of the molecule is CCCCC1OC(=O)C[C@@H](O)[C@H](Cc2ccccc2)N(C)C(=O)COC(=O)[C@H]1C. The Morgan fingerprint density at radius 3 is 2.52 bits per heavy atom. The smallest absolute Gasteiger partial charge is 0.312 e. The van der Waals surface area contributed by atoms with Gasteiger partial charge < -0.3 is 19.5 Å². The van der Waals surface area contributed by atoms with E-state index in [9.17, 15) is 19.5 Å². The zero-order valence-corrected chi connectivity index (χ0v) is 17.4. The van der Waals surface area contributed by atoms with Crippen molar-refractivity contribution in [2.75, 3.05) is 13.7 Å². The number of likely N-dealkylation sites (N-methyl/N-ethyl adjacent to an activating group) is 1. The molecule has 1 saturated heterocycles. The Hall–Kier alpha value is -2.41. The molecule has 0 aliphatic carbocycles. The number of cyclic esters (lactones) is 2. The molecule has 2 rings (SSSR count). The van der Waals surface area contributed by atoms with Crippen LogP contribution in [0.4, 0.5) is 0 Å². The Morgan fingerprint density at radius 2 is 1.86 bits per heavy atom. The number of benzene rings is 1. The average Bonchev–Trinajstić information content (AvgIpc) is 2.71. The number of unbranched alkanes of at least 4 members (excludes halogenated alkanes) is 1. The molecule has 1 aromatic rings. The first kappa shape index (κ1) is 22.9. The summed E-state index contributed by atoms with van der Waals surface area (Å²) >= 11 is 0. The molecular formula is C22H31NO6. The van der Waals surface area contributed by atoms with Crippen LogP contribution in [0.5, 0.6) is 0 Å². The average molecular weight is 405 g/mol. The minimum Gasteiger partial charge on any atom is -0.461 e. The summed E-state index contributed by atoms with van der Waals surface area (Å²) < 4.78 is 10.7. The van der Waals surface area contributed by atoms with E-state index in [-0.39, 0.29) is 6.42 Å². The minimum atomic E-state index is -1.10. The molecule has 0 saturated carbocycles. The normalized spacial score (nSPS) is 26.9. The fourth-order valence-corrected chi connectivity index (χ4v) is 3.43. The molecular weight excluding hydrogens is 374 g/mol. The highest BCUT2D eigenvalue weighted by molar-refractivity contribution is 5.82. The summed E-state index contributed by atoms with van der Waals surface area (Å²) in [5, 5.41) is 10.8. The minimum absolute atomic E-state index is 0.250. The first-order valence-electron chi connectivity index (χ1n) is 10.2. The Labute approximate surface area is 172 Å². The molecule has 1 N–H and O–H groups in total. The fourth-order valence-electron chi connectivity index (χ4n) is 3.43. The van der Waals surface area contributed by atoms with Crippen LogP contribution in [-0.2, 0) is 30.3 Å². The van der Waals surface area contributed by atoms with Crippen LogP contribution in [0.25, 0.3) is 0 Å². The van der Waals surface area contributed by atoms with Crippen LogP contribution in [0.1, 0.15) is 45.1 Å². The number of hydrogen-bond donors (Lipinski definition) is 1. The second-order valence-electron chi connectivity index (χ2n) is 7.60. The number of aliphatic hydroxyl groups is 1. The van der Waals surface area contributed by atoms with E-state index in [1.54, 1.807) is 6.92 Å². The van der Waals surface area contributed by atoms with Gasteiger partial charge in [-0.3, -0.25) is 14.4 Å². The van der Waals surface area contributed by atoms with E-state index in [1.165, 1.54) is 11.9 Å². The quantitative estimate of drug-likeness (QED) is 0.754. The monoisotopic (exact) mass is 405 g/mol. The lowest BCUT2D eigenvalue weighted by molar-refractivity contribution is -0.168. The van der Waals surface area contributed by atoms with Crippen molar-refractivity contribution in [2.45, 2.75) is 64.2 Å². The first-order chi connectivity index (χ1) is 13.8. The van der Waals surface area contributed by atoms with Gasteiger partial charge in [0, 0.05) is 7.05 Å². The Bertz CT molecular complexity index is 692. The zero-order valence-electron chi connectivity index (χ0n) is 17.4. The lowest BCUT2D eigenvalue weighted by atomic mass is 9.97. The van der Waals surface area contributed by atoms with Crippen molar-refractivity contribution in [3.63, 3.8) is 0 Å². The van der Waals surface area contributed by atoms with Gasteiger partial charge in [-0.25, -0.2) is 0 Å². The van der Waals surface area contributed by atoms with E-state index >= 15 is 0 Å². The summed E-state index contributed by atoms with van der Waals surface area (Å²) in [7, 11) is 1.54. The maximum atomic E-state index is 12.6. The molecule has 1 aromatic carbocycles. The lowest BCUT2D eigenvalue weighted by Crippen LogP contribution is -2.49. The summed E-state index contributed by atoms with van der Waals surface area (Å²) in [6, 6.07) is 8.75. The molecule has 0 spiro atoms. The highest BCUT2D eigenvalue weighted by Gasteiger charge is 2.34. The highest BCUT2D eigenvalue weighted by atomic mass is 16.6. The van der Waals surface area contributed by atoms with Crippen LogP contribution < -0.4 is 0 Å². The number of aliphatic hydroxyl groups excluding tert-OH is 1. The second-order valence-corrected chi connectivity index (χ2v) is 7.60. The predicted octanol–water partition coefficient (Wildman–Crippen LogP) is 2.10. The third-order valence-corrected chi connectivity index (χ3v) is 5.39. The standard InChI is InChI=1S/C22H31NO6/c1-4-5-11-19-15(2)22(27)28-14-20(25)23(3)17(18(24)13-21(26)29-19)12-16-9-7-6-8-10-16/h6-10,15,17-19,24H,4-5,11-14H2,1-3H3/t15-,17-,18+,19?/m0/s1. The van der Waals surface area contributed by atoms with E-state index in [1.807, 2.05) is 37.3 Å². The van der Waals surface area contributed by atoms with Crippen LogP contribution in [0.15, 0.2) is 30.3 Å². The molecule has 1 aliphatic heterocycles. The maximum Gasteiger partial charge on any atom is 0.312 e. The largest absolute Gasteiger partial charge is 0.461 e. The third-order valence-electron chi connectivity index (χ3n) is 5.39. The van der Waals surface area contributed by atoms with E-state index in [2.05, 4.69) is 0 Å². The number of amides is 1. The van der Waals surface area contributed by atoms with Gasteiger partial charge in [0.25, 0.3) is 5.91 Å². The topological polar surface area (TPSA) is 93.1 Å². The van der Waals surface area contributed by atoms with Gasteiger partial charge >= 0.3 is 11.9 Å². The number of ether oxygens (including phenoxy) is 2. The molecule has 29 heavy (non-hydrogen) atoms. The first-order valence-corrected chi connectivity index (χ1v) is 10.2. The van der Waals surface area contributed by atoms with E-state index in [4.69, 9.17) is 9.47 Å². The molecule has 4 atom stereocenters. The Kier molecular flexibility index (Phi) is 8.64.